The third-order valence-electron chi connectivity index (χ3n) is 4.61. The second kappa shape index (κ2) is 9.98. The Balaban J connectivity index is 2.06. The SMILES string of the molecule is CC(C)C(=O)CCCCCCC(=O)N1CCN(C(C)C)CC1. The van der Waals surface area contributed by atoms with Crippen molar-refractivity contribution in [2.24, 2.45) is 5.92 Å². The van der Waals surface area contributed by atoms with E-state index in [0.29, 0.717) is 30.6 Å². The first kappa shape index (κ1) is 19.1. The molecule has 1 rings (SSSR count). The van der Waals surface area contributed by atoms with Crippen molar-refractivity contribution in [1.29, 1.82) is 0 Å². The van der Waals surface area contributed by atoms with Gasteiger partial charge in [-0.05, 0) is 26.7 Å². The van der Waals surface area contributed by atoms with Crippen molar-refractivity contribution in [3.05, 3.63) is 0 Å². The highest BCUT2D eigenvalue weighted by Gasteiger charge is 2.21. The number of hydrogen-bond acceptors (Lipinski definition) is 3. The maximum Gasteiger partial charge on any atom is 0.222 e. The maximum absolute atomic E-state index is 12.2. The number of carbonyl (C=O) groups excluding carboxylic acids is 2. The summed E-state index contributed by atoms with van der Waals surface area (Å²) in [6.07, 6.45) is 5.41. The quantitative estimate of drug-likeness (QED) is 0.614. The normalized spacial score (nSPS) is 16.5. The molecule has 22 heavy (non-hydrogen) atoms. The number of piperazine rings is 1. The highest BCUT2D eigenvalue weighted by molar-refractivity contribution is 5.80. The zero-order valence-corrected chi connectivity index (χ0v) is 14.9. The van der Waals surface area contributed by atoms with Gasteiger partial charge in [-0.15, -0.1) is 0 Å². The van der Waals surface area contributed by atoms with Crippen molar-refractivity contribution >= 4 is 11.7 Å². The first-order valence-corrected chi connectivity index (χ1v) is 8.96. The van der Waals surface area contributed by atoms with Crippen LogP contribution >= 0.6 is 0 Å². The largest absolute Gasteiger partial charge is 0.340 e. The molecule has 0 saturated carbocycles. The maximum atomic E-state index is 12.2. The summed E-state index contributed by atoms with van der Waals surface area (Å²) in [4.78, 5) is 28.1. The van der Waals surface area contributed by atoms with E-state index in [2.05, 4.69) is 18.7 Å². The number of unbranched alkanes of at least 4 members (excludes halogenated alkanes) is 3. The molecule has 4 nitrogen and oxygen atoms in total. The average Bonchev–Trinajstić information content (AvgIpc) is 2.50. The van der Waals surface area contributed by atoms with Gasteiger partial charge in [0.15, 0.2) is 0 Å². The Morgan fingerprint density at radius 2 is 1.36 bits per heavy atom. The fourth-order valence-corrected chi connectivity index (χ4v) is 2.86. The molecule has 1 aliphatic rings. The number of ketones is 1. The van der Waals surface area contributed by atoms with Gasteiger partial charge in [-0.1, -0.05) is 26.7 Å². The van der Waals surface area contributed by atoms with E-state index in [9.17, 15) is 9.59 Å². The van der Waals surface area contributed by atoms with E-state index in [1.54, 1.807) is 0 Å². The highest BCUT2D eigenvalue weighted by atomic mass is 16.2. The molecule has 1 heterocycles. The lowest BCUT2D eigenvalue weighted by Gasteiger charge is -2.37. The van der Waals surface area contributed by atoms with E-state index in [1.807, 2.05) is 18.7 Å². The fourth-order valence-electron chi connectivity index (χ4n) is 2.86. The monoisotopic (exact) mass is 310 g/mol. The Morgan fingerprint density at radius 3 is 1.86 bits per heavy atom. The van der Waals surface area contributed by atoms with Crippen molar-refractivity contribution in [3.8, 4) is 0 Å². The Morgan fingerprint density at radius 1 is 0.818 bits per heavy atom. The number of rotatable bonds is 9. The summed E-state index contributed by atoms with van der Waals surface area (Å²) < 4.78 is 0. The molecule has 0 bridgehead atoms. The van der Waals surface area contributed by atoms with Crippen LogP contribution in [-0.2, 0) is 9.59 Å². The number of hydrogen-bond donors (Lipinski definition) is 0. The smallest absolute Gasteiger partial charge is 0.222 e. The van der Waals surface area contributed by atoms with E-state index in [1.165, 1.54) is 0 Å². The van der Waals surface area contributed by atoms with Gasteiger partial charge in [-0.3, -0.25) is 14.5 Å². The zero-order chi connectivity index (χ0) is 16.5. The molecule has 0 aromatic heterocycles. The molecule has 4 heteroatoms. The van der Waals surface area contributed by atoms with Crippen LogP contribution in [0.25, 0.3) is 0 Å². The lowest BCUT2D eigenvalue weighted by Crippen LogP contribution is -2.50. The summed E-state index contributed by atoms with van der Waals surface area (Å²) in [5.41, 5.74) is 0. The van der Waals surface area contributed by atoms with Gasteiger partial charge in [0.1, 0.15) is 5.78 Å². The molecule has 128 valence electrons. The molecule has 0 spiro atoms. The molecule has 1 amide bonds. The van der Waals surface area contributed by atoms with Gasteiger partial charge in [0.25, 0.3) is 0 Å². The molecule has 0 unspecified atom stereocenters. The summed E-state index contributed by atoms with van der Waals surface area (Å²) >= 11 is 0. The van der Waals surface area contributed by atoms with Crippen LogP contribution in [0, 0.1) is 5.92 Å². The van der Waals surface area contributed by atoms with Crippen LogP contribution in [0.2, 0.25) is 0 Å². The van der Waals surface area contributed by atoms with Gasteiger partial charge in [-0.25, -0.2) is 0 Å². The summed E-state index contributed by atoms with van der Waals surface area (Å²) in [5.74, 6) is 0.826. The molecule has 0 aromatic carbocycles. The lowest BCUT2D eigenvalue weighted by molar-refractivity contribution is -0.133. The average molecular weight is 310 g/mol. The third kappa shape index (κ3) is 6.91. The topological polar surface area (TPSA) is 40.6 Å². The predicted octanol–water partition coefficient (Wildman–Crippen LogP) is 3.10. The van der Waals surface area contributed by atoms with Crippen LogP contribution in [0.4, 0.5) is 0 Å². The third-order valence-corrected chi connectivity index (χ3v) is 4.61. The summed E-state index contributed by atoms with van der Waals surface area (Å²) in [6.45, 7) is 12.1. The van der Waals surface area contributed by atoms with E-state index < -0.39 is 0 Å². The van der Waals surface area contributed by atoms with Crippen molar-refractivity contribution < 1.29 is 9.59 Å². The van der Waals surface area contributed by atoms with Gasteiger partial charge in [0.2, 0.25) is 5.91 Å². The number of carbonyl (C=O) groups is 2. The van der Waals surface area contributed by atoms with Crippen molar-refractivity contribution in [3.63, 3.8) is 0 Å². The molecule has 0 radical (unpaired) electrons. The molecule has 0 aliphatic carbocycles. The predicted molar refractivity (Wildman–Crippen MR) is 90.8 cm³/mol. The highest BCUT2D eigenvalue weighted by Crippen LogP contribution is 2.12. The first-order chi connectivity index (χ1) is 10.4. The Kier molecular flexibility index (Phi) is 8.69. The second-order valence-electron chi connectivity index (χ2n) is 7.05. The first-order valence-electron chi connectivity index (χ1n) is 8.96. The Labute approximate surface area is 136 Å². The molecular formula is C18H34N2O2. The van der Waals surface area contributed by atoms with Crippen LogP contribution in [-0.4, -0.2) is 53.7 Å². The van der Waals surface area contributed by atoms with Crippen molar-refractivity contribution in [1.82, 2.24) is 9.80 Å². The van der Waals surface area contributed by atoms with Crippen molar-refractivity contribution in [2.75, 3.05) is 26.2 Å². The second-order valence-corrected chi connectivity index (χ2v) is 7.05. The minimum absolute atomic E-state index is 0.158. The Hall–Kier alpha value is -0.900. The van der Waals surface area contributed by atoms with Gasteiger partial charge in [-0.2, -0.15) is 0 Å². The minimum Gasteiger partial charge on any atom is -0.340 e. The van der Waals surface area contributed by atoms with E-state index in [4.69, 9.17) is 0 Å². The van der Waals surface area contributed by atoms with Gasteiger partial charge >= 0.3 is 0 Å². The van der Waals surface area contributed by atoms with E-state index in [0.717, 1.165) is 51.9 Å². The zero-order valence-electron chi connectivity index (χ0n) is 14.9. The number of amides is 1. The van der Waals surface area contributed by atoms with Gasteiger partial charge < -0.3 is 4.90 Å². The summed E-state index contributed by atoms with van der Waals surface area (Å²) in [5, 5.41) is 0. The molecule has 1 saturated heterocycles. The standard InChI is InChI=1S/C18H34N2O2/c1-15(2)17(21)9-7-5-6-8-10-18(22)20-13-11-19(12-14-20)16(3)4/h15-16H,5-14H2,1-4H3. The molecule has 0 atom stereocenters. The minimum atomic E-state index is 0.158. The van der Waals surface area contributed by atoms with Gasteiger partial charge in [0, 0.05) is 51.0 Å². The van der Waals surface area contributed by atoms with E-state index in [-0.39, 0.29) is 5.92 Å². The van der Waals surface area contributed by atoms with Crippen LogP contribution in [0.15, 0.2) is 0 Å². The molecule has 0 aromatic rings. The molecular weight excluding hydrogens is 276 g/mol. The molecule has 1 aliphatic heterocycles. The summed E-state index contributed by atoms with van der Waals surface area (Å²) in [7, 11) is 0. The van der Waals surface area contributed by atoms with E-state index >= 15 is 0 Å². The van der Waals surface area contributed by atoms with Crippen LogP contribution < -0.4 is 0 Å². The molecule has 1 fully saturated rings. The Bertz CT molecular complexity index is 345. The van der Waals surface area contributed by atoms with Gasteiger partial charge in [0.05, 0.1) is 0 Å². The fraction of sp³-hybridized carbons (Fsp3) is 0.889. The van der Waals surface area contributed by atoms with Crippen LogP contribution in [0.5, 0.6) is 0 Å². The summed E-state index contributed by atoms with van der Waals surface area (Å²) in [6, 6.07) is 0.575. The van der Waals surface area contributed by atoms with Crippen LogP contribution in [0.3, 0.4) is 0 Å². The van der Waals surface area contributed by atoms with Crippen molar-refractivity contribution in [2.45, 2.75) is 72.3 Å². The molecule has 0 N–H and O–H groups in total. The number of nitrogens with zero attached hydrogens (tertiary/aromatic N) is 2. The van der Waals surface area contributed by atoms with Crippen LogP contribution in [0.1, 0.15) is 66.2 Å². The number of Topliss-reactive ketones (excluding diaryl/α,β-unsaturated/α-hetero) is 1. The lowest BCUT2D eigenvalue weighted by atomic mass is 10.0.